The molecule has 0 fully saturated rings. The van der Waals surface area contributed by atoms with E-state index in [1.807, 2.05) is 0 Å². The van der Waals surface area contributed by atoms with E-state index in [4.69, 9.17) is 9.47 Å². The number of aromatic nitrogens is 2. The molecule has 2 amide bonds. The molecule has 1 aromatic heterocycles. The Bertz CT molecular complexity index is 536. The van der Waals surface area contributed by atoms with Gasteiger partial charge in [0.15, 0.2) is 5.82 Å². The van der Waals surface area contributed by atoms with Crippen LogP contribution in [0.3, 0.4) is 0 Å². The second kappa shape index (κ2) is 6.60. The lowest BCUT2D eigenvalue weighted by Gasteiger charge is -2.28. The molecule has 0 bridgehead atoms. The summed E-state index contributed by atoms with van der Waals surface area (Å²) in [5.41, 5.74) is -1.53. The number of imide groups is 1. The van der Waals surface area contributed by atoms with Crippen LogP contribution in [-0.4, -0.2) is 33.4 Å². The van der Waals surface area contributed by atoms with E-state index < -0.39 is 23.4 Å². The molecule has 122 valence electrons. The summed E-state index contributed by atoms with van der Waals surface area (Å²) in [6.45, 7) is 10.2. The Labute approximate surface area is 138 Å². The van der Waals surface area contributed by atoms with E-state index in [1.54, 1.807) is 41.5 Å². The SMILES string of the molecule is CC(C)(C)OC(=O)N(C(=O)OC(C)(C)C)c1ncncc1Br. The second-order valence-corrected chi connectivity index (χ2v) is 7.34. The van der Waals surface area contributed by atoms with Crippen molar-refractivity contribution in [1.29, 1.82) is 0 Å². The number of ether oxygens (including phenoxy) is 2. The molecular weight excluding hydrogens is 354 g/mol. The molecule has 0 aromatic carbocycles. The molecule has 0 unspecified atom stereocenters. The third kappa shape index (κ3) is 5.59. The van der Waals surface area contributed by atoms with Crippen LogP contribution >= 0.6 is 15.9 Å². The highest BCUT2D eigenvalue weighted by molar-refractivity contribution is 9.10. The molecule has 0 aliphatic heterocycles. The molecule has 8 heteroatoms. The zero-order valence-corrected chi connectivity index (χ0v) is 15.1. The summed E-state index contributed by atoms with van der Waals surface area (Å²) in [5.74, 6) is 0.0542. The van der Waals surface area contributed by atoms with E-state index in [2.05, 4.69) is 25.9 Å². The maximum Gasteiger partial charge on any atom is 0.425 e. The van der Waals surface area contributed by atoms with Crippen molar-refractivity contribution in [2.75, 3.05) is 4.90 Å². The first-order valence-corrected chi connectivity index (χ1v) is 7.41. The van der Waals surface area contributed by atoms with Gasteiger partial charge in [0.25, 0.3) is 0 Å². The first kappa shape index (κ1) is 18.3. The van der Waals surface area contributed by atoms with Crippen molar-refractivity contribution in [2.45, 2.75) is 52.7 Å². The number of anilines is 1. The van der Waals surface area contributed by atoms with E-state index in [1.165, 1.54) is 12.5 Å². The summed E-state index contributed by atoms with van der Waals surface area (Å²) in [5, 5.41) is 0. The summed E-state index contributed by atoms with van der Waals surface area (Å²) in [6.07, 6.45) is 0.897. The largest absolute Gasteiger partial charge is 0.443 e. The summed E-state index contributed by atoms with van der Waals surface area (Å²) >= 11 is 3.21. The van der Waals surface area contributed by atoms with E-state index in [0.717, 1.165) is 4.90 Å². The molecule has 0 saturated carbocycles. The molecule has 0 atom stereocenters. The van der Waals surface area contributed by atoms with Crippen LogP contribution in [0.15, 0.2) is 17.0 Å². The van der Waals surface area contributed by atoms with Gasteiger partial charge >= 0.3 is 12.2 Å². The van der Waals surface area contributed by atoms with Crippen molar-refractivity contribution in [3.05, 3.63) is 17.0 Å². The first-order chi connectivity index (χ1) is 9.91. The van der Waals surface area contributed by atoms with Crippen LogP contribution in [0, 0.1) is 0 Å². The lowest BCUT2D eigenvalue weighted by Crippen LogP contribution is -2.44. The van der Waals surface area contributed by atoms with Crippen LogP contribution in [0.1, 0.15) is 41.5 Å². The Balaban J connectivity index is 3.19. The van der Waals surface area contributed by atoms with E-state index >= 15 is 0 Å². The van der Waals surface area contributed by atoms with Crippen molar-refractivity contribution < 1.29 is 19.1 Å². The van der Waals surface area contributed by atoms with Gasteiger partial charge < -0.3 is 9.47 Å². The lowest BCUT2D eigenvalue weighted by molar-refractivity contribution is 0.0428. The monoisotopic (exact) mass is 373 g/mol. The number of rotatable bonds is 1. The molecule has 0 spiro atoms. The first-order valence-electron chi connectivity index (χ1n) is 6.62. The topological polar surface area (TPSA) is 81.6 Å². The predicted molar refractivity (Wildman–Crippen MR) is 84.7 cm³/mol. The molecule has 7 nitrogen and oxygen atoms in total. The van der Waals surface area contributed by atoms with Crippen molar-refractivity contribution in [2.24, 2.45) is 0 Å². The van der Waals surface area contributed by atoms with Crippen LogP contribution < -0.4 is 4.90 Å². The maximum absolute atomic E-state index is 12.4. The lowest BCUT2D eigenvalue weighted by atomic mass is 10.2. The standard InChI is InChI=1S/C14H20BrN3O4/c1-13(2,3)21-11(19)18(12(20)22-14(4,5)6)10-9(15)7-16-8-17-10/h7-8H,1-6H3. The number of halogens is 1. The smallest absolute Gasteiger partial charge is 0.425 e. The number of carbonyl (C=O) groups is 2. The second-order valence-electron chi connectivity index (χ2n) is 6.49. The van der Waals surface area contributed by atoms with Gasteiger partial charge in [0.2, 0.25) is 0 Å². The molecule has 1 rings (SSSR count). The van der Waals surface area contributed by atoms with Crippen molar-refractivity contribution >= 4 is 33.9 Å². The van der Waals surface area contributed by atoms with Crippen LogP contribution in [0.5, 0.6) is 0 Å². The van der Waals surface area contributed by atoms with Crippen LogP contribution in [0.4, 0.5) is 15.4 Å². The fraction of sp³-hybridized carbons (Fsp3) is 0.571. The summed E-state index contributed by atoms with van der Waals surface area (Å²) in [4.78, 5) is 33.2. The van der Waals surface area contributed by atoms with Crippen molar-refractivity contribution in [3.63, 3.8) is 0 Å². The minimum absolute atomic E-state index is 0.0542. The van der Waals surface area contributed by atoms with Gasteiger partial charge in [0.05, 0.1) is 4.47 Å². The molecule has 22 heavy (non-hydrogen) atoms. The summed E-state index contributed by atoms with van der Waals surface area (Å²) in [7, 11) is 0. The third-order valence-corrected chi connectivity index (χ3v) is 2.57. The number of hydrogen-bond donors (Lipinski definition) is 0. The van der Waals surface area contributed by atoms with Gasteiger partial charge in [-0.2, -0.15) is 4.90 Å². The Morgan fingerprint density at radius 1 is 1.05 bits per heavy atom. The maximum atomic E-state index is 12.4. The average Bonchev–Trinajstić information content (AvgIpc) is 2.27. The minimum Gasteiger partial charge on any atom is -0.443 e. The van der Waals surface area contributed by atoms with Gasteiger partial charge in [-0.3, -0.25) is 0 Å². The molecule has 0 saturated heterocycles. The molecule has 0 radical (unpaired) electrons. The van der Waals surface area contributed by atoms with Gasteiger partial charge in [-0.25, -0.2) is 19.6 Å². The van der Waals surface area contributed by atoms with Gasteiger partial charge in [-0.05, 0) is 57.5 Å². The normalized spacial score (nSPS) is 11.8. The molecule has 0 N–H and O–H groups in total. The van der Waals surface area contributed by atoms with E-state index in [9.17, 15) is 9.59 Å². The highest BCUT2D eigenvalue weighted by Gasteiger charge is 2.34. The molecular formula is C14H20BrN3O4. The minimum atomic E-state index is -0.874. The Morgan fingerprint density at radius 2 is 1.50 bits per heavy atom. The van der Waals surface area contributed by atoms with Crippen LogP contribution in [-0.2, 0) is 9.47 Å². The van der Waals surface area contributed by atoms with Crippen LogP contribution in [0.25, 0.3) is 0 Å². The zero-order chi connectivity index (χ0) is 17.1. The zero-order valence-electron chi connectivity index (χ0n) is 13.5. The molecule has 0 aliphatic rings. The van der Waals surface area contributed by atoms with E-state index in [-0.39, 0.29) is 5.82 Å². The van der Waals surface area contributed by atoms with Gasteiger partial charge in [-0.1, -0.05) is 0 Å². The van der Waals surface area contributed by atoms with Crippen LogP contribution in [0.2, 0.25) is 0 Å². The molecule has 1 heterocycles. The number of carbonyl (C=O) groups excluding carboxylic acids is 2. The third-order valence-electron chi connectivity index (χ3n) is 2.01. The highest BCUT2D eigenvalue weighted by atomic mass is 79.9. The fourth-order valence-electron chi connectivity index (χ4n) is 1.33. The quantitative estimate of drug-likeness (QED) is 0.741. The Hall–Kier alpha value is -1.70. The number of amides is 2. The van der Waals surface area contributed by atoms with Gasteiger partial charge in [0, 0.05) is 6.20 Å². The van der Waals surface area contributed by atoms with Gasteiger partial charge in [-0.15, -0.1) is 0 Å². The van der Waals surface area contributed by atoms with Crippen molar-refractivity contribution in [3.8, 4) is 0 Å². The fourth-order valence-corrected chi connectivity index (χ4v) is 1.73. The summed E-state index contributed by atoms with van der Waals surface area (Å²) < 4.78 is 10.9. The predicted octanol–water partition coefficient (Wildman–Crippen LogP) is 3.92. The summed E-state index contributed by atoms with van der Waals surface area (Å²) in [6, 6.07) is 0. The molecule has 1 aromatic rings. The highest BCUT2D eigenvalue weighted by Crippen LogP contribution is 2.26. The number of nitrogens with zero attached hydrogens (tertiary/aromatic N) is 3. The average molecular weight is 374 g/mol. The van der Waals surface area contributed by atoms with Crippen molar-refractivity contribution in [1.82, 2.24) is 9.97 Å². The molecule has 0 aliphatic carbocycles. The number of hydrogen-bond acceptors (Lipinski definition) is 6. The Kier molecular flexibility index (Phi) is 5.50. The van der Waals surface area contributed by atoms with E-state index in [0.29, 0.717) is 4.47 Å². The Morgan fingerprint density at radius 3 is 1.86 bits per heavy atom. The van der Waals surface area contributed by atoms with Gasteiger partial charge in [0.1, 0.15) is 17.5 Å².